The van der Waals surface area contributed by atoms with Crippen molar-refractivity contribution in [1.29, 1.82) is 0 Å². The molecule has 3 heteroatoms. The standard InChI is InChI=1S/C12H17ClO2/c13-6-11(14)15-10-4-3-9-7-1-2-8(5-7)12(9)10/h7-10,12H,1-6H2/t7-,8-,9-,10-,12+/m0/s1. The third-order valence-electron chi connectivity index (χ3n) is 4.76. The monoisotopic (exact) mass is 228 g/mol. The van der Waals surface area contributed by atoms with E-state index in [2.05, 4.69) is 0 Å². The zero-order valence-electron chi connectivity index (χ0n) is 8.82. The van der Waals surface area contributed by atoms with Crippen molar-refractivity contribution < 1.29 is 9.53 Å². The second-order valence-electron chi connectivity index (χ2n) is 5.31. The highest BCUT2D eigenvalue weighted by Crippen LogP contribution is 2.59. The zero-order chi connectivity index (χ0) is 10.4. The summed E-state index contributed by atoms with van der Waals surface area (Å²) in [7, 11) is 0. The van der Waals surface area contributed by atoms with Crippen LogP contribution in [0.2, 0.25) is 0 Å². The van der Waals surface area contributed by atoms with Crippen molar-refractivity contribution in [2.24, 2.45) is 23.7 Å². The molecule has 15 heavy (non-hydrogen) atoms. The van der Waals surface area contributed by atoms with Crippen LogP contribution in [0.1, 0.15) is 32.1 Å². The summed E-state index contributed by atoms with van der Waals surface area (Å²) in [6.45, 7) is 0. The molecule has 0 aromatic heterocycles. The number of halogens is 1. The molecule has 3 rings (SSSR count). The van der Waals surface area contributed by atoms with Crippen LogP contribution in [0.3, 0.4) is 0 Å². The van der Waals surface area contributed by atoms with E-state index in [-0.39, 0.29) is 18.0 Å². The van der Waals surface area contributed by atoms with Crippen molar-refractivity contribution in [3.63, 3.8) is 0 Å². The zero-order valence-corrected chi connectivity index (χ0v) is 9.58. The maximum Gasteiger partial charge on any atom is 0.321 e. The highest BCUT2D eigenvalue weighted by molar-refractivity contribution is 6.26. The van der Waals surface area contributed by atoms with Crippen LogP contribution in [-0.4, -0.2) is 18.0 Å². The Morgan fingerprint density at radius 3 is 2.80 bits per heavy atom. The molecule has 0 heterocycles. The van der Waals surface area contributed by atoms with Gasteiger partial charge >= 0.3 is 5.97 Å². The molecule has 3 aliphatic carbocycles. The molecule has 0 aliphatic heterocycles. The number of esters is 1. The minimum Gasteiger partial charge on any atom is -0.461 e. The lowest BCUT2D eigenvalue weighted by Gasteiger charge is -2.28. The molecule has 0 radical (unpaired) electrons. The normalized spacial score (nSPS) is 46.9. The van der Waals surface area contributed by atoms with Crippen LogP contribution in [0.4, 0.5) is 0 Å². The highest BCUT2D eigenvalue weighted by atomic mass is 35.5. The minimum absolute atomic E-state index is 0.00197. The molecule has 3 fully saturated rings. The van der Waals surface area contributed by atoms with Crippen LogP contribution in [0.15, 0.2) is 0 Å². The molecular formula is C12H17ClO2. The summed E-state index contributed by atoms with van der Waals surface area (Å²) >= 11 is 5.48. The molecule has 0 N–H and O–H groups in total. The van der Waals surface area contributed by atoms with Gasteiger partial charge in [0.05, 0.1) is 0 Å². The van der Waals surface area contributed by atoms with E-state index in [1.54, 1.807) is 0 Å². The molecule has 2 bridgehead atoms. The molecule has 0 aromatic rings. The highest BCUT2D eigenvalue weighted by Gasteiger charge is 2.54. The molecule has 2 nitrogen and oxygen atoms in total. The minimum atomic E-state index is -0.231. The molecule has 0 aromatic carbocycles. The van der Waals surface area contributed by atoms with Gasteiger partial charge in [0.25, 0.3) is 0 Å². The second-order valence-corrected chi connectivity index (χ2v) is 5.58. The van der Waals surface area contributed by atoms with Crippen LogP contribution in [0, 0.1) is 23.7 Å². The van der Waals surface area contributed by atoms with Gasteiger partial charge < -0.3 is 4.74 Å². The van der Waals surface area contributed by atoms with E-state index in [0.29, 0.717) is 5.92 Å². The summed E-state index contributed by atoms with van der Waals surface area (Å²) in [6.07, 6.45) is 6.71. The maximum atomic E-state index is 11.2. The smallest absolute Gasteiger partial charge is 0.321 e. The first-order valence-corrected chi connectivity index (χ1v) is 6.58. The number of hydrogen-bond acceptors (Lipinski definition) is 2. The van der Waals surface area contributed by atoms with Crippen LogP contribution in [0.5, 0.6) is 0 Å². The predicted octanol–water partition coefficient (Wildman–Crippen LogP) is 2.59. The van der Waals surface area contributed by atoms with Gasteiger partial charge in [-0.15, -0.1) is 11.6 Å². The molecule has 5 atom stereocenters. The molecule has 3 saturated carbocycles. The van der Waals surface area contributed by atoms with Crippen molar-refractivity contribution in [1.82, 2.24) is 0 Å². The van der Waals surface area contributed by atoms with E-state index in [4.69, 9.17) is 16.3 Å². The number of carbonyl (C=O) groups is 1. The molecule has 0 amide bonds. The fourth-order valence-electron chi connectivity index (χ4n) is 4.35. The molecule has 3 aliphatic rings. The third-order valence-corrected chi connectivity index (χ3v) is 4.98. The van der Waals surface area contributed by atoms with Gasteiger partial charge in [0.1, 0.15) is 12.0 Å². The van der Waals surface area contributed by atoms with Gasteiger partial charge in [-0.3, -0.25) is 4.79 Å². The van der Waals surface area contributed by atoms with E-state index >= 15 is 0 Å². The Hall–Kier alpha value is -0.240. The number of hydrogen-bond donors (Lipinski definition) is 0. The van der Waals surface area contributed by atoms with Crippen molar-refractivity contribution in [3.05, 3.63) is 0 Å². The van der Waals surface area contributed by atoms with Crippen molar-refractivity contribution in [2.45, 2.75) is 38.2 Å². The SMILES string of the molecule is O=C(CCl)O[C@H]1CC[C@H]2[C@H]3CC[C@@H](C3)[C@H]21. The maximum absolute atomic E-state index is 11.2. The van der Waals surface area contributed by atoms with Crippen molar-refractivity contribution >= 4 is 17.6 Å². The number of fused-ring (bicyclic) bond motifs is 5. The number of alkyl halides is 1. The Kier molecular flexibility index (Phi) is 2.42. The van der Waals surface area contributed by atoms with Gasteiger partial charge in [-0.1, -0.05) is 0 Å². The summed E-state index contributed by atoms with van der Waals surface area (Å²) < 4.78 is 5.46. The first kappa shape index (κ1) is 9.95. The Balaban J connectivity index is 1.70. The molecule has 0 saturated heterocycles. The third kappa shape index (κ3) is 1.49. The first-order valence-electron chi connectivity index (χ1n) is 6.05. The van der Waals surface area contributed by atoms with E-state index < -0.39 is 0 Å². The molecular weight excluding hydrogens is 212 g/mol. The topological polar surface area (TPSA) is 26.3 Å². The lowest BCUT2D eigenvalue weighted by Crippen LogP contribution is -2.29. The average molecular weight is 229 g/mol. The van der Waals surface area contributed by atoms with Gasteiger partial charge in [0.15, 0.2) is 0 Å². The number of rotatable bonds is 2. The summed E-state index contributed by atoms with van der Waals surface area (Å²) in [5, 5.41) is 0. The fourth-order valence-corrected chi connectivity index (χ4v) is 4.41. The largest absolute Gasteiger partial charge is 0.461 e. The van der Waals surface area contributed by atoms with Gasteiger partial charge in [-0.2, -0.15) is 0 Å². The van der Waals surface area contributed by atoms with E-state index in [0.717, 1.165) is 24.2 Å². The average Bonchev–Trinajstić information content (AvgIpc) is 2.89. The van der Waals surface area contributed by atoms with Gasteiger partial charge in [-0.25, -0.2) is 0 Å². The quantitative estimate of drug-likeness (QED) is 0.537. The number of ether oxygens (including phenoxy) is 1. The predicted molar refractivity (Wildman–Crippen MR) is 57.6 cm³/mol. The van der Waals surface area contributed by atoms with E-state index in [1.807, 2.05) is 0 Å². The Bertz CT molecular complexity index is 279. The Morgan fingerprint density at radius 2 is 2.00 bits per heavy atom. The van der Waals surface area contributed by atoms with Crippen LogP contribution in [-0.2, 0) is 9.53 Å². The van der Waals surface area contributed by atoms with Gasteiger partial charge in [0.2, 0.25) is 0 Å². The Morgan fingerprint density at radius 1 is 1.20 bits per heavy atom. The Labute approximate surface area is 95.3 Å². The van der Waals surface area contributed by atoms with Gasteiger partial charge in [0, 0.05) is 5.92 Å². The summed E-state index contributed by atoms with van der Waals surface area (Å²) in [5.74, 6) is 3.09. The van der Waals surface area contributed by atoms with Crippen LogP contribution in [0.25, 0.3) is 0 Å². The van der Waals surface area contributed by atoms with Gasteiger partial charge in [-0.05, 0) is 49.9 Å². The van der Waals surface area contributed by atoms with Crippen molar-refractivity contribution in [3.8, 4) is 0 Å². The lowest BCUT2D eigenvalue weighted by molar-refractivity contribution is -0.148. The summed E-state index contributed by atoms with van der Waals surface area (Å²) in [4.78, 5) is 11.2. The molecule has 84 valence electrons. The fraction of sp³-hybridized carbons (Fsp3) is 0.917. The van der Waals surface area contributed by atoms with Crippen molar-refractivity contribution in [2.75, 3.05) is 5.88 Å². The first-order chi connectivity index (χ1) is 7.29. The summed E-state index contributed by atoms with van der Waals surface area (Å²) in [6, 6.07) is 0. The lowest BCUT2D eigenvalue weighted by atomic mass is 9.81. The van der Waals surface area contributed by atoms with E-state index in [9.17, 15) is 4.79 Å². The molecule has 0 spiro atoms. The van der Waals surface area contributed by atoms with Crippen LogP contribution < -0.4 is 0 Å². The summed E-state index contributed by atoms with van der Waals surface area (Å²) in [5.41, 5.74) is 0. The van der Waals surface area contributed by atoms with E-state index in [1.165, 1.54) is 25.7 Å². The second kappa shape index (κ2) is 3.65. The van der Waals surface area contributed by atoms with Crippen LogP contribution >= 0.6 is 11.6 Å². The molecule has 0 unspecified atom stereocenters. The number of carbonyl (C=O) groups excluding carboxylic acids is 1.